The number of benzene rings is 1. The number of hydrogen-bond donors (Lipinski definition) is 2. The molecule has 0 bridgehead atoms. The molecule has 1 aliphatic rings. The van der Waals surface area contributed by atoms with E-state index >= 15 is 0 Å². The highest BCUT2D eigenvalue weighted by atomic mass is 32.2. The molecule has 0 amide bonds. The quantitative estimate of drug-likeness (QED) is 0.791. The fourth-order valence-electron chi connectivity index (χ4n) is 1.57. The van der Waals surface area contributed by atoms with Crippen molar-refractivity contribution in [2.75, 3.05) is 12.8 Å². The molecule has 0 unspecified atom stereocenters. The molecule has 1 aromatic rings. The Morgan fingerprint density at radius 1 is 1.41 bits per heavy atom. The maximum atomic E-state index is 12.1. The van der Waals surface area contributed by atoms with Gasteiger partial charge in [0.15, 0.2) is 0 Å². The van der Waals surface area contributed by atoms with E-state index < -0.39 is 10.0 Å². The van der Waals surface area contributed by atoms with Crippen LogP contribution in [0.15, 0.2) is 23.1 Å². The lowest BCUT2D eigenvalue weighted by Gasteiger charge is -2.14. The van der Waals surface area contributed by atoms with Gasteiger partial charge < -0.3 is 10.5 Å². The molecule has 2 rings (SSSR count). The van der Waals surface area contributed by atoms with Crippen LogP contribution in [-0.2, 0) is 10.0 Å². The molecule has 1 aliphatic carbocycles. The van der Waals surface area contributed by atoms with E-state index in [2.05, 4.69) is 4.72 Å². The number of rotatable bonds is 4. The smallest absolute Gasteiger partial charge is 0.243 e. The Morgan fingerprint density at radius 2 is 2.06 bits per heavy atom. The first kappa shape index (κ1) is 12.2. The van der Waals surface area contributed by atoms with Crippen LogP contribution in [0.3, 0.4) is 0 Å². The predicted octanol–water partition coefficient (Wildman–Crippen LogP) is 1.11. The second kappa shape index (κ2) is 3.89. The average Bonchev–Trinajstić information content (AvgIpc) is 2.94. The topological polar surface area (TPSA) is 81.4 Å². The zero-order chi connectivity index (χ0) is 12.7. The summed E-state index contributed by atoms with van der Waals surface area (Å²) >= 11 is 0. The number of methoxy groups -OCH3 is 1. The summed E-state index contributed by atoms with van der Waals surface area (Å²) in [6.07, 6.45) is 1.73. The summed E-state index contributed by atoms with van der Waals surface area (Å²) in [4.78, 5) is 0.103. The molecule has 0 heterocycles. The molecule has 17 heavy (non-hydrogen) atoms. The Morgan fingerprint density at radius 3 is 2.53 bits per heavy atom. The van der Waals surface area contributed by atoms with Crippen LogP contribution < -0.4 is 15.2 Å². The van der Waals surface area contributed by atoms with Gasteiger partial charge in [-0.1, -0.05) is 0 Å². The van der Waals surface area contributed by atoms with E-state index in [-0.39, 0.29) is 16.1 Å². The number of anilines is 1. The van der Waals surface area contributed by atoms with Crippen LogP contribution in [0.25, 0.3) is 0 Å². The van der Waals surface area contributed by atoms with Gasteiger partial charge >= 0.3 is 0 Å². The normalized spacial score (nSPS) is 17.8. The van der Waals surface area contributed by atoms with Gasteiger partial charge in [-0.05, 0) is 31.9 Å². The van der Waals surface area contributed by atoms with E-state index in [0.717, 1.165) is 12.8 Å². The highest BCUT2D eigenvalue weighted by molar-refractivity contribution is 7.89. The first-order chi connectivity index (χ1) is 7.86. The maximum absolute atomic E-state index is 12.1. The third kappa shape index (κ3) is 2.53. The van der Waals surface area contributed by atoms with Crippen LogP contribution >= 0.6 is 0 Å². The van der Waals surface area contributed by atoms with Crippen molar-refractivity contribution in [2.45, 2.75) is 30.2 Å². The molecule has 6 heteroatoms. The SMILES string of the molecule is COc1ccc(S(=O)(=O)NC2(C)CC2)c(N)c1. The molecular weight excluding hydrogens is 240 g/mol. The number of nitrogens with one attached hydrogen (secondary N) is 1. The van der Waals surface area contributed by atoms with Crippen LogP contribution in [0.5, 0.6) is 5.75 Å². The molecule has 5 nitrogen and oxygen atoms in total. The second-order valence-corrected chi connectivity index (χ2v) is 6.22. The maximum Gasteiger partial charge on any atom is 0.243 e. The number of nitrogens with two attached hydrogens (primary N) is 1. The molecule has 0 saturated heterocycles. The lowest BCUT2D eigenvalue weighted by molar-refractivity contribution is 0.414. The first-order valence-corrected chi connectivity index (χ1v) is 6.82. The molecule has 0 radical (unpaired) electrons. The lowest BCUT2D eigenvalue weighted by atomic mass is 10.3. The second-order valence-electron chi connectivity index (χ2n) is 4.57. The summed E-state index contributed by atoms with van der Waals surface area (Å²) in [7, 11) is -2.04. The minimum absolute atomic E-state index is 0.103. The van der Waals surface area contributed by atoms with Crippen molar-refractivity contribution >= 4 is 15.7 Å². The van der Waals surface area contributed by atoms with Crippen LogP contribution in [-0.4, -0.2) is 21.1 Å². The lowest BCUT2D eigenvalue weighted by Crippen LogP contribution is -2.34. The van der Waals surface area contributed by atoms with Gasteiger partial charge in [-0.2, -0.15) is 0 Å². The van der Waals surface area contributed by atoms with Crippen molar-refractivity contribution in [3.8, 4) is 5.75 Å². The van der Waals surface area contributed by atoms with Gasteiger partial charge in [0.05, 0.1) is 12.8 Å². The van der Waals surface area contributed by atoms with Crippen LogP contribution in [0.1, 0.15) is 19.8 Å². The summed E-state index contributed by atoms with van der Waals surface area (Å²) < 4.78 is 31.8. The number of ether oxygens (including phenoxy) is 1. The fourth-order valence-corrected chi connectivity index (χ4v) is 3.15. The van der Waals surface area contributed by atoms with Crippen LogP contribution in [0.2, 0.25) is 0 Å². The summed E-state index contributed by atoms with van der Waals surface area (Å²) in [6, 6.07) is 4.55. The molecule has 0 aromatic heterocycles. The number of hydrogen-bond acceptors (Lipinski definition) is 4. The zero-order valence-corrected chi connectivity index (χ0v) is 10.7. The van der Waals surface area contributed by atoms with Crippen LogP contribution in [0.4, 0.5) is 5.69 Å². The highest BCUT2D eigenvalue weighted by Gasteiger charge is 2.41. The van der Waals surface area contributed by atoms with Crippen molar-refractivity contribution < 1.29 is 13.2 Å². The molecule has 0 aliphatic heterocycles. The third-order valence-corrected chi connectivity index (χ3v) is 4.60. The molecular formula is C11H16N2O3S. The predicted molar refractivity (Wildman–Crippen MR) is 65.4 cm³/mol. The van der Waals surface area contributed by atoms with Crippen LogP contribution in [0, 0.1) is 0 Å². The minimum Gasteiger partial charge on any atom is -0.497 e. The van der Waals surface area contributed by atoms with Crippen molar-refractivity contribution in [1.82, 2.24) is 4.72 Å². The molecule has 1 fully saturated rings. The van der Waals surface area contributed by atoms with Gasteiger partial charge in [0.1, 0.15) is 10.6 Å². The van der Waals surface area contributed by atoms with Gasteiger partial charge in [-0.25, -0.2) is 13.1 Å². The molecule has 1 saturated carbocycles. The third-order valence-electron chi connectivity index (χ3n) is 2.89. The monoisotopic (exact) mass is 256 g/mol. The van der Waals surface area contributed by atoms with Gasteiger partial charge in [0.2, 0.25) is 10.0 Å². The number of nitrogen functional groups attached to an aromatic ring is 1. The van der Waals surface area contributed by atoms with Gasteiger partial charge in [-0.3, -0.25) is 0 Å². The van der Waals surface area contributed by atoms with Crippen molar-refractivity contribution in [1.29, 1.82) is 0 Å². The van der Waals surface area contributed by atoms with Gasteiger partial charge in [0, 0.05) is 11.6 Å². The van der Waals surface area contributed by atoms with Crippen molar-refractivity contribution in [3.63, 3.8) is 0 Å². The summed E-state index contributed by atoms with van der Waals surface area (Å²) in [5.74, 6) is 0.541. The van der Waals surface area contributed by atoms with E-state index in [0.29, 0.717) is 5.75 Å². The van der Waals surface area contributed by atoms with Crippen molar-refractivity contribution in [2.24, 2.45) is 0 Å². The summed E-state index contributed by atoms with van der Waals surface area (Å²) in [5.41, 5.74) is 5.62. The standard InChI is InChI=1S/C11H16N2O3S/c1-11(5-6-11)13-17(14,15)10-4-3-8(16-2)7-9(10)12/h3-4,7,13H,5-6,12H2,1-2H3. The fraction of sp³-hybridized carbons (Fsp3) is 0.455. The van der Waals surface area contributed by atoms with E-state index in [1.165, 1.54) is 19.2 Å². The molecule has 1 aromatic carbocycles. The van der Waals surface area contributed by atoms with Crippen molar-refractivity contribution in [3.05, 3.63) is 18.2 Å². The molecule has 94 valence electrons. The van der Waals surface area contributed by atoms with E-state index in [1.54, 1.807) is 6.07 Å². The highest BCUT2D eigenvalue weighted by Crippen LogP contribution is 2.36. The Labute approximate surface area is 101 Å². The first-order valence-electron chi connectivity index (χ1n) is 5.34. The Bertz CT molecular complexity index is 536. The molecule has 3 N–H and O–H groups in total. The largest absolute Gasteiger partial charge is 0.497 e. The zero-order valence-electron chi connectivity index (χ0n) is 9.86. The van der Waals surface area contributed by atoms with E-state index in [1.807, 2.05) is 6.92 Å². The van der Waals surface area contributed by atoms with E-state index in [9.17, 15) is 8.42 Å². The minimum atomic E-state index is -3.54. The summed E-state index contributed by atoms with van der Waals surface area (Å²) in [5, 5.41) is 0. The Balaban J connectivity index is 2.33. The summed E-state index contributed by atoms with van der Waals surface area (Å²) in [6.45, 7) is 1.88. The molecule has 0 atom stereocenters. The van der Waals surface area contributed by atoms with Gasteiger partial charge in [0.25, 0.3) is 0 Å². The Hall–Kier alpha value is -1.27. The molecule has 0 spiro atoms. The van der Waals surface area contributed by atoms with E-state index in [4.69, 9.17) is 10.5 Å². The number of sulfonamides is 1. The van der Waals surface area contributed by atoms with Gasteiger partial charge in [-0.15, -0.1) is 0 Å². The Kier molecular flexibility index (Phi) is 2.79. The average molecular weight is 256 g/mol.